The zero-order valence-corrected chi connectivity index (χ0v) is 18.9. The molecule has 1 saturated heterocycles. The van der Waals surface area contributed by atoms with E-state index >= 15 is 0 Å². The first-order valence-corrected chi connectivity index (χ1v) is 12.0. The number of thiophene rings is 2. The summed E-state index contributed by atoms with van der Waals surface area (Å²) in [6.45, 7) is 4.73. The van der Waals surface area contributed by atoms with Crippen molar-refractivity contribution in [2.45, 2.75) is 19.2 Å². The minimum absolute atomic E-state index is 0.145. The van der Waals surface area contributed by atoms with Gasteiger partial charge in [0.2, 0.25) is 11.8 Å². The van der Waals surface area contributed by atoms with Crippen LogP contribution in [0.2, 0.25) is 0 Å². The summed E-state index contributed by atoms with van der Waals surface area (Å²) >= 11 is 3.25. The molecule has 9 heteroatoms. The number of likely N-dealkylation sites (N-methyl/N-ethyl adjacent to an activating group) is 1. The van der Waals surface area contributed by atoms with Crippen molar-refractivity contribution in [2.75, 3.05) is 33.3 Å². The minimum Gasteiger partial charge on any atom is -0.444 e. The third-order valence-corrected chi connectivity index (χ3v) is 6.86. The molecule has 5 heterocycles. The SMILES string of the molecule is CN1CCO[C@H](CN(Cc2coc(-c3cccs3)n2)Cc2coc(-c3cccs3)n2)C1. The summed E-state index contributed by atoms with van der Waals surface area (Å²) in [5.41, 5.74) is 1.80. The van der Waals surface area contributed by atoms with Crippen molar-refractivity contribution >= 4 is 22.7 Å². The third kappa shape index (κ3) is 5.13. The Morgan fingerprint density at radius 3 is 2.13 bits per heavy atom. The fraction of sp³-hybridized carbons (Fsp3) is 0.364. The number of rotatable bonds is 8. The van der Waals surface area contributed by atoms with Crippen LogP contribution in [0.5, 0.6) is 0 Å². The first-order valence-electron chi connectivity index (χ1n) is 10.2. The molecule has 0 bridgehead atoms. The topological polar surface area (TPSA) is 67.8 Å². The van der Waals surface area contributed by atoms with Gasteiger partial charge in [0.15, 0.2) is 0 Å². The molecule has 4 aromatic rings. The second-order valence-corrected chi connectivity index (χ2v) is 9.56. The van der Waals surface area contributed by atoms with Gasteiger partial charge in [0.1, 0.15) is 12.5 Å². The number of ether oxygens (including phenoxy) is 1. The smallest absolute Gasteiger partial charge is 0.236 e. The van der Waals surface area contributed by atoms with E-state index in [0.717, 1.165) is 47.4 Å². The highest BCUT2D eigenvalue weighted by atomic mass is 32.1. The van der Waals surface area contributed by atoms with Crippen molar-refractivity contribution in [1.29, 1.82) is 0 Å². The molecule has 1 aliphatic heterocycles. The van der Waals surface area contributed by atoms with E-state index in [1.165, 1.54) is 0 Å². The quantitative estimate of drug-likeness (QED) is 0.388. The lowest BCUT2D eigenvalue weighted by Gasteiger charge is -2.33. The van der Waals surface area contributed by atoms with E-state index in [9.17, 15) is 0 Å². The lowest BCUT2D eigenvalue weighted by molar-refractivity contribution is -0.0382. The van der Waals surface area contributed by atoms with Crippen LogP contribution in [0.3, 0.4) is 0 Å². The summed E-state index contributed by atoms with van der Waals surface area (Å²) in [6.07, 6.45) is 3.64. The van der Waals surface area contributed by atoms with Crippen LogP contribution >= 0.6 is 22.7 Å². The molecule has 0 aromatic carbocycles. The standard InChI is InChI=1S/C22H24N4O3S2/c1-25-6-7-27-18(12-25)13-26(10-16-14-28-21(23-16)19-4-2-8-30-19)11-17-15-29-22(24-17)20-5-3-9-31-20/h2-5,8-9,14-15,18H,6-7,10-13H2,1H3/t18-/m0/s1. The highest BCUT2D eigenvalue weighted by molar-refractivity contribution is 7.13. The van der Waals surface area contributed by atoms with E-state index in [0.29, 0.717) is 24.9 Å². The molecule has 31 heavy (non-hydrogen) atoms. The summed E-state index contributed by atoms with van der Waals surface area (Å²) in [6, 6.07) is 8.04. The summed E-state index contributed by atoms with van der Waals surface area (Å²) in [4.78, 5) is 16.1. The molecule has 0 saturated carbocycles. The molecule has 0 N–H and O–H groups in total. The molecular formula is C22H24N4O3S2. The highest BCUT2D eigenvalue weighted by Gasteiger charge is 2.23. The van der Waals surface area contributed by atoms with E-state index in [1.807, 2.05) is 35.0 Å². The molecule has 0 spiro atoms. The van der Waals surface area contributed by atoms with Gasteiger partial charge in [-0.05, 0) is 29.9 Å². The molecule has 1 aliphatic rings. The molecule has 1 atom stereocenters. The molecule has 7 nitrogen and oxygen atoms in total. The van der Waals surface area contributed by atoms with Crippen LogP contribution in [-0.2, 0) is 17.8 Å². The van der Waals surface area contributed by atoms with E-state index in [-0.39, 0.29) is 6.10 Å². The Balaban J connectivity index is 1.31. The van der Waals surface area contributed by atoms with Crippen molar-refractivity contribution in [3.05, 3.63) is 58.9 Å². The fourth-order valence-electron chi connectivity index (χ4n) is 3.69. The van der Waals surface area contributed by atoms with Gasteiger partial charge in [-0.15, -0.1) is 22.7 Å². The van der Waals surface area contributed by atoms with Gasteiger partial charge < -0.3 is 18.5 Å². The number of oxazole rings is 2. The maximum absolute atomic E-state index is 6.01. The van der Waals surface area contributed by atoms with Crippen LogP contribution in [0.15, 0.2) is 56.4 Å². The zero-order valence-electron chi connectivity index (χ0n) is 17.3. The van der Waals surface area contributed by atoms with Crippen molar-refractivity contribution in [3.63, 3.8) is 0 Å². The number of aromatic nitrogens is 2. The van der Waals surface area contributed by atoms with E-state index in [4.69, 9.17) is 23.5 Å². The zero-order chi connectivity index (χ0) is 21.0. The predicted octanol–water partition coefficient (Wildman–Crippen LogP) is 4.45. The molecule has 0 aliphatic carbocycles. The number of hydrogen-bond donors (Lipinski definition) is 0. The molecule has 0 amide bonds. The van der Waals surface area contributed by atoms with Crippen LogP contribution in [0.4, 0.5) is 0 Å². The van der Waals surface area contributed by atoms with Gasteiger partial charge in [0, 0.05) is 32.7 Å². The van der Waals surface area contributed by atoms with Gasteiger partial charge in [0.05, 0.1) is 33.9 Å². The Morgan fingerprint density at radius 2 is 1.61 bits per heavy atom. The monoisotopic (exact) mass is 456 g/mol. The van der Waals surface area contributed by atoms with Crippen LogP contribution in [0.1, 0.15) is 11.4 Å². The lowest BCUT2D eigenvalue weighted by Crippen LogP contribution is -2.45. The maximum Gasteiger partial charge on any atom is 0.236 e. The molecular weight excluding hydrogens is 432 g/mol. The average molecular weight is 457 g/mol. The molecule has 4 aromatic heterocycles. The number of nitrogens with zero attached hydrogens (tertiary/aromatic N) is 4. The van der Waals surface area contributed by atoms with Gasteiger partial charge in [-0.25, -0.2) is 9.97 Å². The molecule has 0 unspecified atom stereocenters. The van der Waals surface area contributed by atoms with Gasteiger partial charge in [-0.1, -0.05) is 12.1 Å². The van der Waals surface area contributed by atoms with Gasteiger partial charge in [-0.2, -0.15) is 0 Å². The second-order valence-electron chi connectivity index (χ2n) is 7.67. The molecule has 162 valence electrons. The largest absolute Gasteiger partial charge is 0.444 e. The number of morpholine rings is 1. The first-order chi connectivity index (χ1) is 15.2. The van der Waals surface area contributed by atoms with Crippen LogP contribution in [0.25, 0.3) is 21.5 Å². The van der Waals surface area contributed by atoms with Crippen LogP contribution < -0.4 is 0 Å². The van der Waals surface area contributed by atoms with E-state index in [2.05, 4.69) is 16.8 Å². The Labute approximate surface area is 188 Å². The summed E-state index contributed by atoms with van der Waals surface area (Å²) < 4.78 is 17.5. The van der Waals surface area contributed by atoms with Crippen molar-refractivity contribution in [3.8, 4) is 21.5 Å². The Kier molecular flexibility index (Phi) is 6.28. The lowest BCUT2D eigenvalue weighted by atomic mass is 10.2. The van der Waals surface area contributed by atoms with Crippen molar-refractivity contribution in [2.24, 2.45) is 0 Å². The third-order valence-electron chi connectivity index (χ3n) is 5.14. The van der Waals surface area contributed by atoms with Crippen LogP contribution in [0, 0.1) is 0 Å². The van der Waals surface area contributed by atoms with Gasteiger partial charge >= 0.3 is 0 Å². The van der Waals surface area contributed by atoms with E-state index < -0.39 is 0 Å². The Bertz CT molecular complexity index is 1000. The minimum atomic E-state index is 0.145. The summed E-state index contributed by atoms with van der Waals surface area (Å²) in [7, 11) is 2.13. The summed E-state index contributed by atoms with van der Waals surface area (Å²) in [5, 5.41) is 4.05. The molecule has 1 fully saturated rings. The normalized spacial score (nSPS) is 17.5. The van der Waals surface area contributed by atoms with Crippen LogP contribution in [-0.4, -0.2) is 59.2 Å². The Morgan fingerprint density at radius 1 is 1.00 bits per heavy atom. The van der Waals surface area contributed by atoms with Gasteiger partial charge in [-0.3, -0.25) is 4.90 Å². The highest BCUT2D eigenvalue weighted by Crippen LogP contribution is 2.26. The first kappa shape index (κ1) is 20.6. The average Bonchev–Trinajstić information content (AvgIpc) is 3.54. The molecule has 0 radical (unpaired) electrons. The summed E-state index contributed by atoms with van der Waals surface area (Å²) in [5.74, 6) is 1.33. The maximum atomic E-state index is 6.01. The van der Waals surface area contributed by atoms with Crippen molar-refractivity contribution in [1.82, 2.24) is 19.8 Å². The second kappa shape index (κ2) is 9.46. The predicted molar refractivity (Wildman–Crippen MR) is 121 cm³/mol. The number of hydrogen-bond acceptors (Lipinski definition) is 9. The molecule has 5 rings (SSSR count). The van der Waals surface area contributed by atoms with E-state index in [1.54, 1.807) is 35.2 Å². The van der Waals surface area contributed by atoms with Crippen molar-refractivity contribution < 1.29 is 13.6 Å². The Hall–Kier alpha value is -2.30. The fourth-order valence-corrected chi connectivity index (χ4v) is 5.01. The van der Waals surface area contributed by atoms with Gasteiger partial charge in [0.25, 0.3) is 0 Å².